The van der Waals surface area contributed by atoms with E-state index in [9.17, 15) is 9.59 Å². The second kappa shape index (κ2) is 6.43. The van der Waals surface area contributed by atoms with Crippen LogP contribution in [0.15, 0.2) is 54.7 Å². The summed E-state index contributed by atoms with van der Waals surface area (Å²) < 4.78 is 0. The van der Waals surface area contributed by atoms with Crippen molar-refractivity contribution in [2.45, 2.75) is 0 Å². The van der Waals surface area contributed by atoms with Crippen molar-refractivity contribution < 1.29 is 9.59 Å². The Kier molecular flexibility index (Phi) is 4.31. The first kappa shape index (κ1) is 16.8. The molecule has 1 heterocycles. The van der Waals surface area contributed by atoms with Gasteiger partial charge in [-0.2, -0.15) is 0 Å². The number of benzene rings is 2. The summed E-state index contributed by atoms with van der Waals surface area (Å²) in [6, 6.07) is 14.9. The van der Waals surface area contributed by atoms with Crippen molar-refractivity contribution in [3.63, 3.8) is 0 Å². The Morgan fingerprint density at radius 1 is 1.00 bits per heavy atom. The van der Waals surface area contributed by atoms with Gasteiger partial charge in [0.25, 0.3) is 11.8 Å². The lowest BCUT2D eigenvalue weighted by Gasteiger charge is -2.19. The van der Waals surface area contributed by atoms with Gasteiger partial charge >= 0.3 is 0 Å². The lowest BCUT2D eigenvalue weighted by atomic mass is 10.1. The molecule has 0 aliphatic carbocycles. The van der Waals surface area contributed by atoms with Crippen LogP contribution >= 0.6 is 0 Å². The third kappa shape index (κ3) is 3.01. The Morgan fingerprint density at radius 3 is 2.40 bits per heavy atom. The van der Waals surface area contributed by atoms with Crippen LogP contribution in [-0.2, 0) is 4.79 Å². The monoisotopic (exact) mass is 335 g/mol. The maximum atomic E-state index is 13.0. The van der Waals surface area contributed by atoms with Crippen molar-refractivity contribution in [1.82, 2.24) is 9.80 Å². The van der Waals surface area contributed by atoms with Gasteiger partial charge in [-0.1, -0.05) is 24.3 Å². The van der Waals surface area contributed by atoms with Crippen molar-refractivity contribution in [2.24, 2.45) is 0 Å². The second-order valence-corrected chi connectivity index (χ2v) is 6.41. The summed E-state index contributed by atoms with van der Waals surface area (Å²) in [5, 5.41) is 0. The number of hydrogen-bond donors (Lipinski definition) is 0. The van der Waals surface area contributed by atoms with E-state index in [1.807, 2.05) is 55.5 Å². The Balaban J connectivity index is 2.11. The van der Waals surface area contributed by atoms with Gasteiger partial charge in [-0.15, -0.1) is 0 Å². The van der Waals surface area contributed by atoms with E-state index in [1.54, 1.807) is 37.2 Å². The highest BCUT2D eigenvalue weighted by Crippen LogP contribution is 2.41. The first-order valence-electron chi connectivity index (χ1n) is 8.04. The highest BCUT2D eigenvalue weighted by Gasteiger charge is 2.33. The molecule has 128 valence electrons. The van der Waals surface area contributed by atoms with E-state index in [-0.39, 0.29) is 11.8 Å². The molecule has 0 aromatic heterocycles. The minimum Gasteiger partial charge on any atom is -0.383 e. The van der Waals surface area contributed by atoms with Crippen molar-refractivity contribution >= 4 is 28.8 Å². The zero-order chi connectivity index (χ0) is 18.1. The van der Waals surface area contributed by atoms with Gasteiger partial charge in [0.15, 0.2) is 0 Å². The molecule has 0 spiro atoms. The smallest absolute Gasteiger partial charge is 0.265 e. The van der Waals surface area contributed by atoms with Gasteiger partial charge in [-0.25, -0.2) is 0 Å². The fraction of sp³-hybridized carbons (Fsp3) is 0.200. The molecule has 0 bridgehead atoms. The van der Waals surface area contributed by atoms with Crippen LogP contribution in [0.3, 0.4) is 0 Å². The maximum absolute atomic E-state index is 13.0. The van der Waals surface area contributed by atoms with Crippen LogP contribution in [0.1, 0.15) is 15.9 Å². The zero-order valence-electron chi connectivity index (χ0n) is 14.9. The van der Waals surface area contributed by atoms with E-state index in [0.29, 0.717) is 16.8 Å². The lowest BCUT2D eigenvalue weighted by molar-refractivity contribution is -0.112. The van der Waals surface area contributed by atoms with Crippen LogP contribution in [0.5, 0.6) is 0 Å². The van der Waals surface area contributed by atoms with Crippen LogP contribution in [-0.4, -0.2) is 49.8 Å². The molecule has 3 rings (SSSR count). The minimum atomic E-state index is -0.0932. The first-order valence-corrected chi connectivity index (χ1v) is 8.04. The Labute approximate surface area is 147 Å². The molecule has 0 atom stereocenters. The van der Waals surface area contributed by atoms with E-state index in [2.05, 4.69) is 0 Å². The molecule has 0 radical (unpaired) electrons. The average Bonchev–Trinajstić information content (AvgIpc) is 2.86. The number of anilines is 2. The van der Waals surface area contributed by atoms with E-state index in [1.165, 1.54) is 4.90 Å². The van der Waals surface area contributed by atoms with Crippen LogP contribution in [0.4, 0.5) is 11.4 Å². The molecular weight excluding hydrogens is 314 g/mol. The van der Waals surface area contributed by atoms with Crippen LogP contribution in [0.25, 0.3) is 5.57 Å². The van der Waals surface area contributed by atoms with Crippen LogP contribution in [0.2, 0.25) is 0 Å². The standard InChI is InChI=1S/C20H21N3O2/c1-21(2)13-17-16-10-5-6-11-18(16)23(20(17)25)15-9-7-8-14(12-15)19(24)22(3)4/h5-13H,1-4H3/b17-13-. The molecule has 0 saturated heterocycles. The molecule has 25 heavy (non-hydrogen) atoms. The summed E-state index contributed by atoms with van der Waals surface area (Å²) in [6.45, 7) is 0. The number of fused-ring (bicyclic) bond motifs is 1. The number of para-hydroxylation sites is 1. The van der Waals surface area contributed by atoms with Crippen molar-refractivity contribution in [3.8, 4) is 0 Å². The molecule has 0 unspecified atom stereocenters. The van der Waals surface area contributed by atoms with Gasteiger partial charge in [0.1, 0.15) is 0 Å². The van der Waals surface area contributed by atoms with Gasteiger partial charge < -0.3 is 9.80 Å². The molecule has 5 nitrogen and oxygen atoms in total. The number of nitrogens with zero attached hydrogens (tertiary/aromatic N) is 3. The molecule has 2 amide bonds. The van der Waals surface area contributed by atoms with Gasteiger partial charge in [-0.05, 0) is 24.3 Å². The van der Waals surface area contributed by atoms with E-state index in [0.717, 1.165) is 11.3 Å². The fourth-order valence-electron chi connectivity index (χ4n) is 2.92. The van der Waals surface area contributed by atoms with Gasteiger partial charge in [0.05, 0.1) is 16.9 Å². The molecule has 1 aliphatic heterocycles. The minimum absolute atomic E-state index is 0.0918. The van der Waals surface area contributed by atoms with Gasteiger partial charge in [0.2, 0.25) is 0 Å². The molecule has 5 heteroatoms. The summed E-state index contributed by atoms with van der Waals surface area (Å²) in [4.78, 5) is 30.4. The summed E-state index contributed by atoms with van der Waals surface area (Å²) in [7, 11) is 7.20. The summed E-state index contributed by atoms with van der Waals surface area (Å²) >= 11 is 0. The molecular formula is C20H21N3O2. The Bertz CT molecular complexity index is 869. The molecule has 2 aromatic carbocycles. The first-order chi connectivity index (χ1) is 11.9. The average molecular weight is 335 g/mol. The predicted octanol–water partition coefficient (Wildman–Crippen LogP) is 2.97. The van der Waals surface area contributed by atoms with Crippen molar-refractivity contribution in [3.05, 3.63) is 65.9 Å². The lowest BCUT2D eigenvalue weighted by Crippen LogP contribution is -2.24. The highest BCUT2D eigenvalue weighted by atomic mass is 16.2. The quantitative estimate of drug-likeness (QED) is 0.810. The molecule has 0 fully saturated rings. The number of amides is 2. The molecule has 0 saturated carbocycles. The van der Waals surface area contributed by atoms with E-state index >= 15 is 0 Å². The Morgan fingerprint density at radius 2 is 1.72 bits per heavy atom. The van der Waals surface area contributed by atoms with Crippen LogP contribution < -0.4 is 4.90 Å². The van der Waals surface area contributed by atoms with Crippen molar-refractivity contribution in [2.75, 3.05) is 33.1 Å². The normalized spacial score (nSPS) is 14.6. The molecule has 2 aromatic rings. The van der Waals surface area contributed by atoms with Crippen LogP contribution in [0, 0.1) is 0 Å². The SMILES string of the molecule is CN(C)/C=C1\C(=O)N(c2cccc(C(=O)N(C)C)c2)c2ccccc21. The Hall–Kier alpha value is -3.08. The van der Waals surface area contributed by atoms with E-state index < -0.39 is 0 Å². The largest absolute Gasteiger partial charge is 0.383 e. The maximum Gasteiger partial charge on any atom is 0.265 e. The number of carbonyl (C=O) groups is 2. The second-order valence-electron chi connectivity index (χ2n) is 6.41. The van der Waals surface area contributed by atoms with Gasteiger partial charge in [0, 0.05) is 45.5 Å². The topological polar surface area (TPSA) is 43.9 Å². The third-order valence-corrected chi connectivity index (χ3v) is 4.01. The zero-order valence-corrected chi connectivity index (χ0v) is 14.9. The van der Waals surface area contributed by atoms with E-state index in [4.69, 9.17) is 0 Å². The number of carbonyl (C=O) groups excluding carboxylic acids is 2. The highest BCUT2D eigenvalue weighted by molar-refractivity contribution is 6.35. The third-order valence-electron chi connectivity index (χ3n) is 4.01. The summed E-state index contributed by atoms with van der Waals surface area (Å²) in [6.07, 6.45) is 1.83. The fourth-order valence-corrected chi connectivity index (χ4v) is 2.92. The number of hydrogen-bond acceptors (Lipinski definition) is 3. The summed E-state index contributed by atoms with van der Waals surface area (Å²) in [5.41, 5.74) is 3.61. The predicted molar refractivity (Wildman–Crippen MR) is 99.7 cm³/mol. The molecule has 1 aliphatic rings. The van der Waals surface area contributed by atoms with Crippen molar-refractivity contribution in [1.29, 1.82) is 0 Å². The summed E-state index contributed by atoms with van der Waals surface area (Å²) in [5.74, 6) is -0.185. The number of rotatable bonds is 3. The molecule has 0 N–H and O–H groups in total. The van der Waals surface area contributed by atoms with Gasteiger partial charge in [-0.3, -0.25) is 14.5 Å².